The normalized spacial score (nSPS) is 11.1. The van der Waals surface area contributed by atoms with Crippen LogP contribution in [0, 0.1) is 0 Å². The van der Waals surface area contributed by atoms with E-state index in [2.05, 4.69) is 10.3 Å². The van der Waals surface area contributed by atoms with E-state index in [1.807, 2.05) is 36.4 Å². The number of hydrogen-bond acceptors (Lipinski definition) is 3. The summed E-state index contributed by atoms with van der Waals surface area (Å²) in [6, 6.07) is 15.0. The molecule has 1 aromatic heterocycles. The molecular weight excluding hydrogens is 240 g/mol. The lowest BCUT2D eigenvalue weighted by atomic mass is 10.2. The van der Waals surface area contributed by atoms with Gasteiger partial charge in [0.2, 0.25) is 0 Å². The topological polar surface area (TPSA) is 62.2 Å². The fourth-order valence-corrected chi connectivity index (χ4v) is 1.59. The molecule has 0 aliphatic rings. The summed E-state index contributed by atoms with van der Waals surface area (Å²) in [6.45, 7) is 0.464. The van der Waals surface area contributed by atoms with Crippen molar-refractivity contribution in [2.45, 2.75) is 6.54 Å². The first kappa shape index (κ1) is 12.8. The van der Waals surface area contributed by atoms with Gasteiger partial charge >= 0.3 is 5.97 Å². The molecule has 2 aromatic rings. The molecule has 0 aliphatic carbocycles. The molecular formula is C15H14N2O2. The maximum atomic E-state index is 11.2. The molecule has 0 amide bonds. The van der Waals surface area contributed by atoms with Gasteiger partial charge in [-0.15, -0.1) is 0 Å². The average molecular weight is 254 g/mol. The van der Waals surface area contributed by atoms with Crippen LogP contribution in [0.25, 0.3) is 6.08 Å². The number of carboxylic acids is 1. The van der Waals surface area contributed by atoms with Crippen molar-refractivity contribution in [3.63, 3.8) is 0 Å². The molecule has 0 radical (unpaired) electrons. The van der Waals surface area contributed by atoms with Crippen molar-refractivity contribution in [2.75, 3.05) is 0 Å². The predicted molar refractivity (Wildman–Crippen MR) is 73.1 cm³/mol. The summed E-state index contributed by atoms with van der Waals surface area (Å²) in [5.74, 6) is -0.999. The average Bonchev–Trinajstić information content (AvgIpc) is 2.45. The van der Waals surface area contributed by atoms with Crippen molar-refractivity contribution in [1.29, 1.82) is 0 Å². The molecule has 2 N–H and O–H groups in total. The molecule has 0 saturated carbocycles. The highest BCUT2D eigenvalue weighted by Gasteiger charge is 2.07. The Balaban J connectivity index is 2.09. The predicted octanol–water partition coefficient (Wildman–Crippen LogP) is 2.30. The second kappa shape index (κ2) is 6.35. The Morgan fingerprint density at radius 1 is 1.16 bits per heavy atom. The maximum Gasteiger partial charge on any atom is 0.352 e. The molecule has 4 heteroatoms. The summed E-state index contributed by atoms with van der Waals surface area (Å²) in [5.41, 5.74) is 1.76. The second-order valence-electron chi connectivity index (χ2n) is 3.96. The Labute approximate surface area is 111 Å². The van der Waals surface area contributed by atoms with Gasteiger partial charge in [-0.05, 0) is 23.8 Å². The summed E-state index contributed by atoms with van der Waals surface area (Å²) in [5, 5.41) is 12.1. The lowest BCUT2D eigenvalue weighted by Gasteiger charge is -2.07. The molecule has 0 spiro atoms. The number of nitrogens with zero attached hydrogens (tertiary/aromatic N) is 1. The number of nitrogens with one attached hydrogen (secondary N) is 1. The van der Waals surface area contributed by atoms with E-state index in [0.717, 1.165) is 5.56 Å². The van der Waals surface area contributed by atoms with Crippen LogP contribution < -0.4 is 5.32 Å². The Morgan fingerprint density at radius 3 is 2.53 bits per heavy atom. The van der Waals surface area contributed by atoms with E-state index in [1.54, 1.807) is 18.3 Å². The third-order valence-corrected chi connectivity index (χ3v) is 2.54. The molecule has 0 aliphatic heterocycles. The standard InChI is InChI=1S/C15H14N2O2/c18-15(19)14(10-13-8-4-5-9-16-13)17-11-12-6-2-1-3-7-12/h1-10,17H,11H2,(H,18,19)/b14-10-. The van der Waals surface area contributed by atoms with Crippen LogP contribution in [0.1, 0.15) is 11.3 Å². The number of hydrogen-bond donors (Lipinski definition) is 2. The number of benzene rings is 1. The van der Waals surface area contributed by atoms with Gasteiger partial charge < -0.3 is 10.4 Å². The van der Waals surface area contributed by atoms with Gasteiger partial charge in [0.1, 0.15) is 5.70 Å². The summed E-state index contributed by atoms with van der Waals surface area (Å²) in [7, 11) is 0. The van der Waals surface area contributed by atoms with E-state index in [0.29, 0.717) is 12.2 Å². The zero-order valence-corrected chi connectivity index (χ0v) is 10.3. The van der Waals surface area contributed by atoms with Crippen molar-refractivity contribution in [3.8, 4) is 0 Å². The van der Waals surface area contributed by atoms with Gasteiger partial charge in [0.05, 0.1) is 5.69 Å². The van der Waals surface area contributed by atoms with Crippen molar-refractivity contribution < 1.29 is 9.90 Å². The monoisotopic (exact) mass is 254 g/mol. The first-order chi connectivity index (χ1) is 9.25. The zero-order valence-electron chi connectivity index (χ0n) is 10.3. The van der Waals surface area contributed by atoms with Crippen LogP contribution in [-0.2, 0) is 11.3 Å². The van der Waals surface area contributed by atoms with Crippen LogP contribution in [0.4, 0.5) is 0 Å². The Bertz CT molecular complexity index is 565. The van der Waals surface area contributed by atoms with Crippen LogP contribution in [0.15, 0.2) is 60.4 Å². The van der Waals surface area contributed by atoms with Crippen LogP contribution >= 0.6 is 0 Å². The molecule has 2 rings (SSSR count). The van der Waals surface area contributed by atoms with Gasteiger partial charge in [-0.25, -0.2) is 4.79 Å². The van der Waals surface area contributed by atoms with E-state index in [-0.39, 0.29) is 5.70 Å². The third-order valence-electron chi connectivity index (χ3n) is 2.54. The van der Waals surface area contributed by atoms with E-state index in [1.165, 1.54) is 6.08 Å². The maximum absolute atomic E-state index is 11.2. The first-order valence-corrected chi connectivity index (χ1v) is 5.89. The first-order valence-electron chi connectivity index (χ1n) is 5.89. The molecule has 1 aromatic carbocycles. The molecule has 19 heavy (non-hydrogen) atoms. The molecule has 0 unspecified atom stereocenters. The summed E-state index contributed by atoms with van der Waals surface area (Å²) in [6.07, 6.45) is 3.15. The highest BCUT2D eigenvalue weighted by molar-refractivity contribution is 5.91. The largest absolute Gasteiger partial charge is 0.477 e. The highest BCUT2D eigenvalue weighted by Crippen LogP contribution is 2.04. The van der Waals surface area contributed by atoms with Gasteiger partial charge in [0.25, 0.3) is 0 Å². The summed E-state index contributed by atoms with van der Waals surface area (Å²) < 4.78 is 0. The zero-order chi connectivity index (χ0) is 13.5. The minimum Gasteiger partial charge on any atom is -0.477 e. The highest BCUT2D eigenvalue weighted by atomic mass is 16.4. The SMILES string of the molecule is O=C(O)/C(=C/c1ccccn1)NCc1ccccc1. The van der Waals surface area contributed by atoms with Crippen LogP contribution in [0.2, 0.25) is 0 Å². The number of carbonyl (C=O) groups is 1. The number of carboxylic acid groups (broad SMARTS) is 1. The fraction of sp³-hybridized carbons (Fsp3) is 0.0667. The van der Waals surface area contributed by atoms with Crippen LogP contribution in [0.5, 0.6) is 0 Å². The number of pyridine rings is 1. The van der Waals surface area contributed by atoms with E-state index in [9.17, 15) is 4.79 Å². The number of aliphatic carboxylic acids is 1. The van der Waals surface area contributed by atoms with Gasteiger partial charge in [-0.3, -0.25) is 4.98 Å². The molecule has 0 fully saturated rings. The van der Waals surface area contributed by atoms with E-state index in [4.69, 9.17) is 5.11 Å². The van der Waals surface area contributed by atoms with Gasteiger partial charge in [0.15, 0.2) is 0 Å². The molecule has 0 atom stereocenters. The Morgan fingerprint density at radius 2 is 1.89 bits per heavy atom. The lowest BCUT2D eigenvalue weighted by Crippen LogP contribution is -2.19. The quantitative estimate of drug-likeness (QED) is 0.804. The molecule has 96 valence electrons. The number of aromatic nitrogens is 1. The van der Waals surface area contributed by atoms with Crippen molar-refractivity contribution >= 4 is 12.0 Å². The number of rotatable bonds is 5. The fourth-order valence-electron chi connectivity index (χ4n) is 1.59. The third kappa shape index (κ3) is 3.96. The molecule has 0 saturated heterocycles. The molecule has 4 nitrogen and oxygen atoms in total. The Hall–Kier alpha value is -2.62. The van der Waals surface area contributed by atoms with Crippen molar-refractivity contribution in [1.82, 2.24) is 10.3 Å². The Kier molecular flexibility index (Phi) is 4.29. The van der Waals surface area contributed by atoms with Gasteiger partial charge in [-0.2, -0.15) is 0 Å². The lowest BCUT2D eigenvalue weighted by molar-refractivity contribution is -0.133. The van der Waals surface area contributed by atoms with E-state index >= 15 is 0 Å². The molecule has 1 heterocycles. The van der Waals surface area contributed by atoms with Crippen LogP contribution in [0.3, 0.4) is 0 Å². The minimum atomic E-state index is -0.999. The van der Waals surface area contributed by atoms with Crippen molar-refractivity contribution in [3.05, 3.63) is 71.7 Å². The van der Waals surface area contributed by atoms with Crippen LogP contribution in [-0.4, -0.2) is 16.1 Å². The van der Waals surface area contributed by atoms with Gasteiger partial charge in [0, 0.05) is 12.7 Å². The van der Waals surface area contributed by atoms with E-state index < -0.39 is 5.97 Å². The minimum absolute atomic E-state index is 0.127. The smallest absolute Gasteiger partial charge is 0.352 e. The summed E-state index contributed by atoms with van der Waals surface area (Å²) in [4.78, 5) is 15.2. The van der Waals surface area contributed by atoms with Gasteiger partial charge in [-0.1, -0.05) is 36.4 Å². The van der Waals surface area contributed by atoms with Crippen molar-refractivity contribution in [2.24, 2.45) is 0 Å². The second-order valence-corrected chi connectivity index (χ2v) is 3.96. The summed E-state index contributed by atoms with van der Waals surface area (Å²) >= 11 is 0. The molecule has 0 bridgehead atoms.